The highest BCUT2D eigenvalue weighted by Gasteiger charge is 2.13. The molecule has 0 saturated heterocycles. The first kappa shape index (κ1) is 9.21. The molecule has 3 N–H and O–H groups in total. The number of hydrogen-bond acceptors (Lipinski definition) is 3. The monoisotopic (exact) mass is 190 g/mol. The molecule has 1 aromatic rings. The minimum absolute atomic E-state index is 0.261. The Morgan fingerprint density at radius 1 is 1.57 bits per heavy atom. The van der Waals surface area contributed by atoms with Gasteiger partial charge >= 0.3 is 0 Å². The molecule has 1 aliphatic rings. The van der Waals surface area contributed by atoms with E-state index in [0.717, 1.165) is 24.8 Å². The van der Waals surface area contributed by atoms with Gasteiger partial charge in [0.15, 0.2) is 0 Å². The number of rotatable bonds is 2. The van der Waals surface area contributed by atoms with E-state index in [1.807, 2.05) is 18.2 Å². The lowest BCUT2D eigenvalue weighted by molar-refractivity contribution is 0.223. The first-order chi connectivity index (χ1) is 6.75. The molecule has 14 heavy (non-hydrogen) atoms. The summed E-state index contributed by atoms with van der Waals surface area (Å²) in [5, 5.41) is 9.32. The largest absolute Gasteiger partial charge is 0.389 e. The highest BCUT2D eigenvalue weighted by Crippen LogP contribution is 2.23. The van der Waals surface area contributed by atoms with Gasteiger partial charge < -0.3 is 10.8 Å². The van der Waals surface area contributed by atoms with Crippen LogP contribution in [0.15, 0.2) is 30.0 Å². The van der Waals surface area contributed by atoms with Crippen LogP contribution in [0.2, 0.25) is 0 Å². The minimum Gasteiger partial charge on any atom is -0.389 e. The molecular formula is C11H14N2O. The second-order valence-electron chi connectivity index (χ2n) is 3.66. The van der Waals surface area contributed by atoms with Crippen LogP contribution in [0, 0.1) is 0 Å². The van der Waals surface area contributed by atoms with E-state index in [4.69, 9.17) is 5.73 Å². The van der Waals surface area contributed by atoms with Gasteiger partial charge in [-0.25, -0.2) is 4.98 Å². The van der Waals surface area contributed by atoms with Gasteiger partial charge in [0, 0.05) is 6.20 Å². The molecule has 1 aromatic heterocycles. The lowest BCUT2D eigenvalue weighted by atomic mass is 10.1. The Balaban J connectivity index is 2.12. The Labute approximate surface area is 83.3 Å². The van der Waals surface area contributed by atoms with Crippen molar-refractivity contribution in [2.75, 3.05) is 5.73 Å². The molecule has 0 spiro atoms. The van der Waals surface area contributed by atoms with Crippen molar-refractivity contribution in [3.05, 3.63) is 35.5 Å². The Hall–Kier alpha value is -1.35. The Bertz CT molecular complexity index is 360. The minimum atomic E-state index is -0.261. The van der Waals surface area contributed by atoms with Gasteiger partial charge in [0.1, 0.15) is 5.82 Å². The molecular weight excluding hydrogens is 176 g/mol. The molecule has 0 radical (unpaired) electrons. The van der Waals surface area contributed by atoms with Crippen LogP contribution in [0.25, 0.3) is 0 Å². The van der Waals surface area contributed by atoms with Crippen LogP contribution in [-0.2, 0) is 6.42 Å². The summed E-state index contributed by atoms with van der Waals surface area (Å²) in [7, 11) is 0. The van der Waals surface area contributed by atoms with E-state index in [9.17, 15) is 5.11 Å². The van der Waals surface area contributed by atoms with Gasteiger partial charge in [-0.05, 0) is 30.9 Å². The SMILES string of the molecule is Nc1ncccc1CC1=CC(O)CC1. The summed E-state index contributed by atoms with van der Waals surface area (Å²) in [6.45, 7) is 0. The second-order valence-corrected chi connectivity index (χ2v) is 3.66. The predicted molar refractivity (Wildman–Crippen MR) is 55.7 cm³/mol. The standard InChI is InChI=1S/C11H14N2O/c12-11-9(2-1-5-13-11)6-8-3-4-10(14)7-8/h1-2,5,7,10,14H,3-4,6H2,(H2,12,13). The van der Waals surface area contributed by atoms with Crippen molar-refractivity contribution in [3.63, 3.8) is 0 Å². The van der Waals surface area contributed by atoms with Crippen LogP contribution in [-0.4, -0.2) is 16.2 Å². The number of aliphatic hydroxyl groups excluding tert-OH is 1. The molecule has 1 atom stereocenters. The Morgan fingerprint density at radius 2 is 2.43 bits per heavy atom. The van der Waals surface area contributed by atoms with Crippen molar-refractivity contribution in [2.45, 2.75) is 25.4 Å². The fraction of sp³-hybridized carbons (Fsp3) is 0.364. The van der Waals surface area contributed by atoms with Crippen LogP contribution in [0.3, 0.4) is 0 Å². The average Bonchev–Trinajstić information content (AvgIpc) is 2.56. The van der Waals surface area contributed by atoms with Gasteiger partial charge in [-0.2, -0.15) is 0 Å². The predicted octanol–water partition coefficient (Wildman–Crippen LogP) is 1.29. The van der Waals surface area contributed by atoms with E-state index >= 15 is 0 Å². The van der Waals surface area contributed by atoms with Crippen molar-refractivity contribution in [3.8, 4) is 0 Å². The van der Waals surface area contributed by atoms with E-state index in [1.165, 1.54) is 5.57 Å². The van der Waals surface area contributed by atoms with Crippen molar-refractivity contribution in [2.24, 2.45) is 0 Å². The maximum absolute atomic E-state index is 9.32. The zero-order valence-corrected chi connectivity index (χ0v) is 7.98. The van der Waals surface area contributed by atoms with Crippen LogP contribution >= 0.6 is 0 Å². The molecule has 2 rings (SSSR count). The van der Waals surface area contributed by atoms with Crippen LogP contribution < -0.4 is 5.73 Å². The fourth-order valence-electron chi connectivity index (χ4n) is 1.76. The molecule has 0 fully saturated rings. The van der Waals surface area contributed by atoms with Crippen LogP contribution in [0.1, 0.15) is 18.4 Å². The van der Waals surface area contributed by atoms with E-state index in [1.54, 1.807) is 6.20 Å². The zero-order chi connectivity index (χ0) is 9.97. The zero-order valence-electron chi connectivity index (χ0n) is 7.98. The molecule has 3 heteroatoms. The number of nitrogens with two attached hydrogens (primary N) is 1. The molecule has 0 bridgehead atoms. The highest BCUT2D eigenvalue weighted by atomic mass is 16.3. The van der Waals surface area contributed by atoms with E-state index < -0.39 is 0 Å². The number of allylic oxidation sites excluding steroid dienone is 1. The first-order valence-electron chi connectivity index (χ1n) is 4.82. The first-order valence-corrected chi connectivity index (χ1v) is 4.82. The summed E-state index contributed by atoms with van der Waals surface area (Å²) in [5.41, 5.74) is 8.04. The topological polar surface area (TPSA) is 59.1 Å². The van der Waals surface area contributed by atoms with Gasteiger partial charge in [0.05, 0.1) is 6.10 Å². The van der Waals surface area contributed by atoms with Gasteiger partial charge in [-0.1, -0.05) is 17.7 Å². The summed E-state index contributed by atoms with van der Waals surface area (Å²) in [5.74, 6) is 0.592. The Kier molecular flexibility index (Phi) is 2.50. The fourth-order valence-corrected chi connectivity index (χ4v) is 1.76. The molecule has 0 aromatic carbocycles. The highest BCUT2D eigenvalue weighted by molar-refractivity contribution is 5.41. The number of pyridine rings is 1. The molecule has 3 nitrogen and oxygen atoms in total. The molecule has 0 amide bonds. The molecule has 0 saturated carbocycles. The average molecular weight is 190 g/mol. The number of anilines is 1. The normalized spacial score (nSPS) is 20.9. The molecule has 74 valence electrons. The molecule has 1 aliphatic carbocycles. The number of aliphatic hydroxyl groups is 1. The molecule has 0 aliphatic heterocycles. The summed E-state index contributed by atoms with van der Waals surface area (Å²) in [6, 6.07) is 3.87. The van der Waals surface area contributed by atoms with E-state index in [0.29, 0.717) is 5.82 Å². The third-order valence-corrected chi connectivity index (χ3v) is 2.53. The van der Waals surface area contributed by atoms with Crippen LogP contribution in [0.5, 0.6) is 0 Å². The molecule has 1 unspecified atom stereocenters. The van der Waals surface area contributed by atoms with E-state index in [-0.39, 0.29) is 6.10 Å². The molecule has 1 heterocycles. The summed E-state index contributed by atoms with van der Waals surface area (Å²) in [6.07, 6.45) is 5.98. The van der Waals surface area contributed by atoms with Gasteiger partial charge in [-0.3, -0.25) is 0 Å². The van der Waals surface area contributed by atoms with Gasteiger partial charge in [0.2, 0.25) is 0 Å². The van der Waals surface area contributed by atoms with Crippen molar-refractivity contribution >= 4 is 5.82 Å². The van der Waals surface area contributed by atoms with Crippen molar-refractivity contribution < 1.29 is 5.11 Å². The summed E-state index contributed by atoms with van der Waals surface area (Å²) >= 11 is 0. The maximum Gasteiger partial charge on any atom is 0.126 e. The quantitative estimate of drug-likeness (QED) is 0.691. The third-order valence-electron chi connectivity index (χ3n) is 2.53. The smallest absolute Gasteiger partial charge is 0.126 e. The number of nitrogens with zero attached hydrogens (tertiary/aromatic N) is 1. The summed E-state index contributed by atoms with van der Waals surface area (Å²) < 4.78 is 0. The second kappa shape index (κ2) is 3.80. The third kappa shape index (κ3) is 1.93. The van der Waals surface area contributed by atoms with Gasteiger partial charge in [-0.15, -0.1) is 0 Å². The number of aromatic nitrogens is 1. The van der Waals surface area contributed by atoms with Crippen LogP contribution in [0.4, 0.5) is 5.82 Å². The van der Waals surface area contributed by atoms with Crippen molar-refractivity contribution in [1.29, 1.82) is 0 Å². The van der Waals surface area contributed by atoms with Gasteiger partial charge in [0.25, 0.3) is 0 Å². The number of nitrogen functional groups attached to an aromatic ring is 1. The lowest BCUT2D eigenvalue weighted by Crippen LogP contribution is -1.98. The summed E-state index contributed by atoms with van der Waals surface area (Å²) in [4.78, 5) is 4.03. The van der Waals surface area contributed by atoms with E-state index in [2.05, 4.69) is 4.98 Å². The van der Waals surface area contributed by atoms with Crippen molar-refractivity contribution in [1.82, 2.24) is 4.98 Å². The Morgan fingerprint density at radius 3 is 3.07 bits per heavy atom. The number of hydrogen-bond donors (Lipinski definition) is 2. The maximum atomic E-state index is 9.32. The lowest BCUT2D eigenvalue weighted by Gasteiger charge is -2.04.